The Morgan fingerprint density at radius 2 is 1.78 bits per heavy atom. The van der Waals surface area contributed by atoms with Crippen LogP contribution < -0.4 is 0 Å². The van der Waals surface area contributed by atoms with Crippen LogP contribution in [0.2, 0.25) is 5.02 Å². The fourth-order valence-corrected chi connectivity index (χ4v) is 3.88. The minimum absolute atomic E-state index is 0.293. The van der Waals surface area contributed by atoms with Gasteiger partial charge in [0.1, 0.15) is 11.6 Å². The molecule has 4 heteroatoms. The van der Waals surface area contributed by atoms with Crippen molar-refractivity contribution in [2.45, 2.75) is 45.1 Å². The SMILES string of the molecule is O=C(CCc1cccc(Cl)c1)CCc1cccc(-c2cn3c(n2)CCC3)c1. The first-order chi connectivity index (χ1) is 13.2. The third-order valence-corrected chi connectivity index (χ3v) is 5.39. The zero-order valence-corrected chi connectivity index (χ0v) is 16.1. The highest BCUT2D eigenvalue weighted by atomic mass is 35.5. The van der Waals surface area contributed by atoms with E-state index in [1.165, 1.54) is 17.8 Å². The smallest absolute Gasteiger partial charge is 0.133 e. The molecular formula is C23H23ClN2O. The second-order valence-corrected chi connectivity index (χ2v) is 7.64. The number of rotatable bonds is 7. The fraction of sp³-hybridized carbons (Fsp3) is 0.304. The van der Waals surface area contributed by atoms with Crippen molar-refractivity contribution in [3.8, 4) is 11.3 Å². The number of fused-ring (bicyclic) bond motifs is 1. The maximum Gasteiger partial charge on any atom is 0.133 e. The lowest BCUT2D eigenvalue weighted by molar-refractivity contribution is -0.119. The first-order valence-electron chi connectivity index (χ1n) is 9.59. The van der Waals surface area contributed by atoms with E-state index in [0.717, 1.165) is 47.7 Å². The number of ketones is 1. The lowest BCUT2D eigenvalue weighted by atomic mass is 10.0. The number of aryl methyl sites for hydroxylation is 4. The topological polar surface area (TPSA) is 34.9 Å². The van der Waals surface area contributed by atoms with E-state index in [4.69, 9.17) is 16.6 Å². The van der Waals surface area contributed by atoms with Gasteiger partial charge >= 0.3 is 0 Å². The number of carbonyl (C=O) groups is 1. The van der Waals surface area contributed by atoms with Crippen molar-refractivity contribution in [2.75, 3.05) is 0 Å². The van der Waals surface area contributed by atoms with Gasteiger partial charge in [-0.3, -0.25) is 4.79 Å². The molecular weight excluding hydrogens is 356 g/mol. The van der Waals surface area contributed by atoms with Crippen LogP contribution in [0.25, 0.3) is 11.3 Å². The molecule has 0 saturated heterocycles. The molecule has 0 radical (unpaired) electrons. The van der Waals surface area contributed by atoms with Gasteiger partial charge in [-0.25, -0.2) is 4.98 Å². The number of benzene rings is 2. The summed E-state index contributed by atoms with van der Waals surface area (Å²) in [7, 11) is 0. The number of imidazole rings is 1. The van der Waals surface area contributed by atoms with Crippen molar-refractivity contribution in [3.63, 3.8) is 0 Å². The van der Waals surface area contributed by atoms with Crippen molar-refractivity contribution >= 4 is 17.4 Å². The summed E-state index contributed by atoms with van der Waals surface area (Å²) >= 11 is 6.00. The van der Waals surface area contributed by atoms with E-state index in [9.17, 15) is 4.79 Å². The number of carbonyl (C=O) groups excluding carboxylic acids is 1. The minimum Gasteiger partial charge on any atom is -0.334 e. The first kappa shape index (κ1) is 18.0. The Kier molecular flexibility index (Phi) is 5.40. The predicted octanol–water partition coefficient (Wildman–Crippen LogP) is 5.28. The average Bonchev–Trinajstić information content (AvgIpc) is 3.27. The molecule has 3 aromatic rings. The molecule has 0 amide bonds. The molecule has 0 aliphatic carbocycles. The molecule has 0 spiro atoms. The van der Waals surface area contributed by atoms with Crippen molar-refractivity contribution in [1.82, 2.24) is 9.55 Å². The summed E-state index contributed by atoms with van der Waals surface area (Å²) in [4.78, 5) is 17.0. The quantitative estimate of drug-likeness (QED) is 0.560. The average molecular weight is 379 g/mol. The zero-order chi connectivity index (χ0) is 18.6. The van der Waals surface area contributed by atoms with Crippen LogP contribution >= 0.6 is 11.6 Å². The van der Waals surface area contributed by atoms with E-state index in [-0.39, 0.29) is 0 Å². The van der Waals surface area contributed by atoms with E-state index >= 15 is 0 Å². The van der Waals surface area contributed by atoms with E-state index < -0.39 is 0 Å². The van der Waals surface area contributed by atoms with Gasteiger partial charge in [0.15, 0.2) is 0 Å². The normalized spacial score (nSPS) is 12.9. The Labute approximate surface area is 165 Å². The van der Waals surface area contributed by atoms with E-state index in [1.807, 2.05) is 24.3 Å². The number of nitrogens with zero attached hydrogens (tertiary/aromatic N) is 2. The van der Waals surface area contributed by atoms with Gasteiger partial charge in [-0.15, -0.1) is 0 Å². The summed E-state index contributed by atoms with van der Waals surface area (Å²) in [6.07, 6.45) is 7.07. The first-order valence-corrected chi connectivity index (χ1v) is 9.97. The number of hydrogen-bond donors (Lipinski definition) is 0. The molecule has 3 nitrogen and oxygen atoms in total. The van der Waals surface area contributed by atoms with Crippen molar-refractivity contribution in [2.24, 2.45) is 0 Å². The van der Waals surface area contributed by atoms with Crippen LogP contribution in [0.5, 0.6) is 0 Å². The molecule has 1 aromatic heterocycles. The highest BCUT2D eigenvalue weighted by Crippen LogP contribution is 2.24. The maximum atomic E-state index is 12.3. The number of Topliss-reactive ketones (excluding diaryl/α,β-unsaturated/α-hetero) is 1. The highest BCUT2D eigenvalue weighted by Gasteiger charge is 2.14. The fourth-order valence-electron chi connectivity index (χ4n) is 3.67. The lowest BCUT2D eigenvalue weighted by Gasteiger charge is -2.05. The van der Waals surface area contributed by atoms with Gasteiger partial charge in [0.25, 0.3) is 0 Å². The number of halogens is 1. The standard InChI is InChI=1S/C23H23ClN2O/c24-20-7-2-5-18(15-20)10-12-21(27)11-9-17-4-1-6-19(14-17)22-16-26-13-3-8-23(26)25-22/h1-2,4-7,14-16H,3,8-13H2. The predicted molar refractivity (Wildman–Crippen MR) is 109 cm³/mol. The molecule has 1 aliphatic rings. The van der Waals surface area contributed by atoms with E-state index in [1.54, 1.807) is 0 Å². The van der Waals surface area contributed by atoms with Crippen LogP contribution in [0.3, 0.4) is 0 Å². The van der Waals surface area contributed by atoms with Crippen molar-refractivity contribution in [3.05, 3.63) is 76.7 Å². The van der Waals surface area contributed by atoms with Gasteiger partial charge in [-0.1, -0.05) is 41.9 Å². The van der Waals surface area contributed by atoms with Gasteiger partial charge in [0.2, 0.25) is 0 Å². The molecule has 2 aromatic carbocycles. The molecule has 0 saturated carbocycles. The molecule has 0 bridgehead atoms. The van der Waals surface area contributed by atoms with Crippen LogP contribution in [-0.4, -0.2) is 15.3 Å². The molecule has 4 rings (SSSR count). The summed E-state index contributed by atoms with van der Waals surface area (Å²) in [6, 6.07) is 16.2. The molecule has 27 heavy (non-hydrogen) atoms. The van der Waals surface area contributed by atoms with Crippen molar-refractivity contribution in [1.29, 1.82) is 0 Å². The monoisotopic (exact) mass is 378 g/mol. The largest absolute Gasteiger partial charge is 0.334 e. The summed E-state index contributed by atoms with van der Waals surface area (Å²) in [6.45, 7) is 1.07. The molecule has 0 fully saturated rings. The maximum absolute atomic E-state index is 12.3. The van der Waals surface area contributed by atoms with Gasteiger partial charge in [0, 0.05) is 42.6 Å². The van der Waals surface area contributed by atoms with Gasteiger partial charge in [0.05, 0.1) is 5.69 Å². The van der Waals surface area contributed by atoms with Crippen LogP contribution in [0.1, 0.15) is 36.2 Å². The zero-order valence-electron chi connectivity index (χ0n) is 15.3. The summed E-state index contributed by atoms with van der Waals surface area (Å²) in [5.41, 5.74) is 4.49. The Balaban J connectivity index is 1.33. The summed E-state index contributed by atoms with van der Waals surface area (Å²) < 4.78 is 2.25. The molecule has 1 aliphatic heterocycles. The van der Waals surface area contributed by atoms with Gasteiger partial charge in [-0.2, -0.15) is 0 Å². The van der Waals surface area contributed by atoms with Crippen LogP contribution in [0.15, 0.2) is 54.7 Å². The Bertz CT molecular complexity index is 939. The Hall–Kier alpha value is -2.39. The third-order valence-electron chi connectivity index (χ3n) is 5.16. The lowest BCUT2D eigenvalue weighted by Crippen LogP contribution is -2.02. The minimum atomic E-state index is 0.293. The molecule has 0 atom stereocenters. The summed E-state index contributed by atoms with van der Waals surface area (Å²) in [5, 5.41) is 0.724. The second-order valence-electron chi connectivity index (χ2n) is 7.21. The van der Waals surface area contributed by atoms with Crippen LogP contribution in [-0.2, 0) is 30.6 Å². The molecule has 0 unspecified atom stereocenters. The van der Waals surface area contributed by atoms with Gasteiger partial charge < -0.3 is 4.57 Å². The highest BCUT2D eigenvalue weighted by molar-refractivity contribution is 6.30. The molecule has 138 valence electrons. The number of aromatic nitrogens is 2. The van der Waals surface area contributed by atoms with E-state index in [0.29, 0.717) is 18.6 Å². The Morgan fingerprint density at radius 3 is 2.52 bits per heavy atom. The van der Waals surface area contributed by atoms with E-state index in [2.05, 4.69) is 35.0 Å². The molecule has 2 heterocycles. The third kappa shape index (κ3) is 4.48. The number of hydrogen-bond acceptors (Lipinski definition) is 2. The second kappa shape index (κ2) is 8.10. The molecule has 0 N–H and O–H groups in total. The van der Waals surface area contributed by atoms with Gasteiger partial charge in [-0.05, 0) is 48.6 Å². The Morgan fingerprint density at radius 1 is 1.04 bits per heavy atom. The van der Waals surface area contributed by atoms with Crippen molar-refractivity contribution < 1.29 is 4.79 Å². The summed E-state index contributed by atoms with van der Waals surface area (Å²) in [5.74, 6) is 1.48. The van der Waals surface area contributed by atoms with Crippen LogP contribution in [0, 0.1) is 0 Å². The van der Waals surface area contributed by atoms with Crippen LogP contribution in [0.4, 0.5) is 0 Å².